The first-order valence-corrected chi connectivity index (χ1v) is 7.17. The molecule has 1 aromatic heterocycles. The van der Waals surface area contributed by atoms with Crippen LogP contribution in [0.2, 0.25) is 0 Å². The van der Waals surface area contributed by atoms with Gasteiger partial charge in [-0.2, -0.15) is 19.2 Å². The minimum Gasteiger partial charge on any atom is -0.683 e. The summed E-state index contributed by atoms with van der Waals surface area (Å²) in [6, 6.07) is 14.6. The number of aromatic nitrogens is 1. The van der Waals surface area contributed by atoms with Crippen molar-refractivity contribution in [1.82, 2.24) is 4.98 Å². The van der Waals surface area contributed by atoms with E-state index in [4.69, 9.17) is 14.2 Å². The summed E-state index contributed by atoms with van der Waals surface area (Å²) in [5.74, 6) is 2.01. The average molecular weight is 545 g/mol. The SMILES string of the molecule is [CH2-]Oc1[c-]ccc(Cc2nccc3cc(OC)c(OC)cc23)c1.[U+2]. The van der Waals surface area contributed by atoms with Crippen molar-refractivity contribution in [3.8, 4) is 17.2 Å². The Kier molecular flexibility index (Phi) is 6.53. The van der Waals surface area contributed by atoms with Crippen LogP contribution in [0.4, 0.5) is 0 Å². The Bertz CT molecular complexity index is 836. The number of rotatable bonds is 5. The topological polar surface area (TPSA) is 40.6 Å². The van der Waals surface area contributed by atoms with E-state index in [1.807, 2.05) is 36.4 Å². The second-order valence-corrected chi connectivity index (χ2v) is 5.07. The van der Waals surface area contributed by atoms with E-state index in [2.05, 4.69) is 18.2 Å². The standard InChI is InChI=1S/C19H17NO3.U/c1-21-15-6-4-5-13(9-15)10-17-16-12-19(23-3)18(22-2)11-14(16)7-8-20-17;/h4-5,7-9,11-12H,1,10H2,2-3H3;/q-2;+2. The van der Waals surface area contributed by atoms with Crippen molar-refractivity contribution in [1.29, 1.82) is 0 Å². The maximum absolute atomic E-state index is 5.40. The van der Waals surface area contributed by atoms with Crippen LogP contribution in [0.15, 0.2) is 42.6 Å². The molecule has 3 rings (SSSR count). The Hall–Kier alpha value is -1.70. The molecule has 2 aromatic carbocycles. The van der Waals surface area contributed by atoms with E-state index in [9.17, 15) is 0 Å². The fraction of sp³-hybridized carbons (Fsp3) is 0.158. The van der Waals surface area contributed by atoms with Gasteiger partial charge in [-0.25, -0.2) is 0 Å². The molecule has 0 radical (unpaired) electrons. The zero-order valence-corrected chi connectivity index (χ0v) is 17.8. The molecule has 0 bridgehead atoms. The molecule has 0 N–H and O–H groups in total. The van der Waals surface area contributed by atoms with Gasteiger partial charge in [-0.15, -0.1) is 17.7 Å². The third-order valence-electron chi connectivity index (χ3n) is 3.72. The molecule has 0 aliphatic rings. The molecule has 0 atom stereocenters. The maximum atomic E-state index is 5.40. The van der Waals surface area contributed by atoms with E-state index in [0.717, 1.165) is 22.0 Å². The number of ether oxygens (including phenoxy) is 3. The van der Waals surface area contributed by atoms with Gasteiger partial charge in [0, 0.05) is 11.6 Å². The second kappa shape index (κ2) is 8.41. The first kappa shape index (κ1) is 18.6. The largest absolute Gasteiger partial charge is 2.00 e. The molecule has 120 valence electrons. The van der Waals surface area contributed by atoms with Gasteiger partial charge in [0.2, 0.25) is 0 Å². The van der Waals surface area contributed by atoms with Crippen LogP contribution in [0.5, 0.6) is 17.2 Å². The summed E-state index contributed by atoms with van der Waals surface area (Å²) < 4.78 is 15.7. The zero-order chi connectivity index (χ0) is 16.2. The number of benzene rings is 2. The van der Waals surface area contributed by atoms with Crippen molar-refractivity contribution in [2.75, 3.05) is 14.2 Å². The summed E-state index contributed by atoms with van der Waals surface area (Å²) in [6.45, 7) is 0. The number of pyridine rings is 1. The predicted molar refractivity (Wildman–Crippen MR) is 88.9 cm³/mol. The van der Waals surface area contributed by atoms with Gasteiger partial charge < -0.3 is 14.2 Å². The molecule has 0 amide bonds. The Labute approximate surface area is 165 Å². The van der Waals surface area contributed by atoms with Gasteiger partial charge in [0.05, 0.1) is 19.9 Å². The van der Waals surface area contributed by atoms with Crippen molar-refractivity contribution in [2.45, 2.75) is 6.42 Å². The van der Waals surface area contributed by atoms with Gasteiger partial charge in [-0.1, -0.05) is 0 Å². The van der Waals surface area contributed by atoms with E-state index in [1.165, 1.54) is 0 Å². The smallest absolute Gasteiger partial charge is 0.683 e. The van der Waals surface area contributed by atoms with Gasteiger partial charge in [-0.05, 0) is 35.8 Å². The number of fused-ring (bicyclic) bond motifs is 1. The van der Waals surface area contributed by atoms with Gasteiger partial charge in [0.15, 0.2) is 11.5 Å². The van der Waals surface area contributed by atoms with Crippen LogP contribution in [0.3, 0.4) is 0 Å². The van der Waals surface area contributed by atoms with E-state index in [-0.39, 0.29) is 31.1 Å². The van der Waals surface area contributed by atoms with Crippen molar-refractivity contribution in [3.63, 3.8) is 0 Å². The van der Waals surface area contributed by atoms with E-state index >= 15 is 0 Å². The van der Waals surface area contributed by atoms with Gasteiger partial charge in [0.1, 0.15) is 0 Å². The first-order chi connectivity index (χ1) is 11.2. The third-order valence-corrected chi connectivity index (χ3v) is 3.72. The van der Waals surface area contributed by atoms with Crippen LogP contribution in [0.25, 0.3) is 10.8 Å². The molecule has 0 aliphatic heterocycles. The Morgan fingerprint density at radius 2 is 1.83 bits per heavy atom. The van der Waals surface area contributed by atoms with E-state index in [0.29, 0.717) is 23.7 Å². The van der Waals surface area contributed by atoms with Crippen LogP contribution in [0.1, 0.15) is 11.3 Å². The van der Waals surface area contributed by atoms with Gasteiger partial charge >= 0.3 is 31.1 Å². The fourth-order valence-corrected chi connectivity index (χ4v) is 2.58. The molecule has 1 heterocycles. The minimum absolute atomic E-state index is 0. The third kappa shape index (κ3) is 3.85. The van der Waals surface area contributed by atoms with E-state index in [1.54, 1.807) is 20.4 Å². The maximum Gasteiger partial charge on any atom is 2.00 e. The molecule has 3 aromatic rings. The van der Waals surface area contributed by atoms with Crippen molar-refractivity contribution in [2.24, 2.45) is 0 Å². The molecule has 0 saturated carbocycles. The minimum atomic E-state index is 0. The Morgan fingerprint density at radius 1 is 1.08 bits per heavy atom. The normalized spacial score (nSPS) is 10.1. The summed E-state index contributed by atoms with van der Waals surface area (Å²) in [5, 5.41) is 2.10. The second-order valence-electron chi connectivity index (χ2n) is 5.07. The summed E-state index contributed by atoms with van der Waals surface area (Å²) in [5.41, 5.74) is 2.04. The molecule has 0 aliphatic carbocycles. The average Bonchev–Trinajstić information content (AvgIpc) is 2.61. The zero-order valence-electron chi connectivity index (χ0n) is 13.6. The van der Waals surface area contributed by atoms with Crippen LogP contribution >= 0.6 is 0 Å². The number of methoxy groups -OCH3 is 2. The summed E-state index contributed by atoms with van der Waals surface area (Å²) in [4.78, 5) is 4.53. The van der Waals surface area contributed by atoms with Crippen LogP contribution < -0.4 is 14.2 Å². The summed E-state index contributed by atoms with van der Waals surface area (Å²) in [6.07, 6.45) is 2.48. The number of nitrogens with zero attached hydrogens (tertiary/aromatic N) is 1. The Balaban J connectivity index is 0.00000208. The quantitative estimate of drug-likeness (QED) is 0.458. The summed E-state index contributed by atoms with van der Waals surface area (Å²) >= 11 is 0. The van der Waals surface area contributed by atoms with Crippen LogP contribution in [-0.4, -0.2) is 19.2 Å². The number of hydrogen-bond donors (Lipinski definition) is 0. The molecule has 0 saturated heterocycles. The molecule has 0 spiro atoms. The van der Waals surface area contributed by atoms with Crippen LogP contribution in [-0.2, 0) is 6.42 Å². The molecular weight excluding hydrogens is 528 g/mol. The van der Waals surface area contributed by atoms with E-state index < -0.39 is 0 Å². The first-order valence-electron chi connectivity index (χ1n) is 7.17. The van der Waals surface area contributed by atoms with Crippen molar-refractivity contribution >= 4 is 10.8 Å². The van der Waals surface area contributed by atoms with Gasteiger partial charge in [0.25, 0.3) is 0 Å². The van der Waals surface area contributed by atoms with Crippen molar-refractivity contribution < 1.29 is 45.3 Å². The molecule has 0 fully saturated rings. The van der Waals surface area contributed by atoms with Crippen molar-refractivity contribution in [3.05, 3.63) is 67.0 Å². The molecule has 4 nitrogen and oxygen atoms in total. The monoisotopic (exact) mass is 545 g/mol. The molecular formula is C19H17NO3U. The number of hydrogen-bond acceptors (Lipinski definition) is 4. The Morgan fingerprint density at radius 3 is 2.54 bits per heavy atom. The molecule has 5 heteroatoms. The van der Waals surface area contributed by atoms with Crippen LogP contribution in [0, 0.1) is 44.3 Å². The molecule has 0 unspecified atom stereocenters. The van der Waals surface area contributed by atoms with Gasteiger partial charge in [-0.3, -0.25) is 4.98 Å². The summed E-state index contributed by atoms with van der Waals surface area (Å²) in [7, 11) is 6.68. The predicted octanol–water partition coefficient (Wildman–Crippen LogP) is 3.81. The fourth-order valence-electron chi connectivity index (χ4n) is 2.58. The molecule has 24 heavy (non-hydrogen) atoms.